The molecule has 0 spiro atoms. The van der Waals surface area contributed by atoms with Gasteiger partial charge in [0.1, 0.15) is 5.58 Å². The molecule has 3 aromatic carbocycles. The second kappa shape index (κ2) is 8.22. The minimum atomic E-state index is -1.16. The van der Waals surface area contributed by atoms with Crippen LogP contribution in [0.5, 0.6) is 0 Å². The number of Topliss-reactive ketones (excluding diaryl/α,β-unsaturated/α-hetero) is 1. The van der Waals surface area contributed by atoms with Gasteiger partial charge in [0.05, 0.1) is 11.6 Å². The molecule has 0 bridgehead atoms. The fourth-order valence-electron chi connectivity index (χ4n) is 4.15. The molecule has 5 rings (SSSR count). The molecular formula is C26H16BrF2NO4. The lowest BCUT2D eigenvalue weighted by atomic mass is 9.94. The summed E-state index contributed by atoms with van der Waals surface area (Å²) in [4.78, 5) is 27.8. The molecule has 5 nitrogen and oxygen atoms in total. The zero-order chi connectivity index (χ0) is 24.1. The second-order valence-electron chi connectivity index (χ2n) is 7.97. The van der Waals surface area contributed by atoms with Crippen molar-refractivity contribution in [1.29, 1.82) is 0 Å². The zero-order valence-electron chi connectivity index (χ0n) is 17.7. The predicted molar refractivity (Wildman–Crippen MR) is 126 cm³/mol. The number of amides is 1. The number of aryl methyl sites for hydroxylation is 1. The van der Waals surface area contributed by atoms with Crippen LogP contribution in [0.4, 0.5) is 14.5 Å². The van der Waals surface area contributed by atoms with Gasteiger partial charge in [0.25, 0.3) is 5.91 Å². The lowest BCUT2D eigenvalue weighted by Crippen LogP contribution is -2.31. The van der Waals surface area contributed by atoms with Gasteiger partial charge in [0.15, 0.2) is 23.2 Å². The third-order valence-corrected chi connectivity index (χ3v) is 6.19. The number of nitrogens with zero attached hydrogens (tertiary/aromatic N) is 1. The van der Waals surface area contributed by atoms with Crippen LogP contribution in [0.2, 0.25) is 0 Å². The second-order valence-corrected chi connectivity index (χ2v) is 8.89. The largest absolute Gasteiger partial charge is 0.503 e. The number of fused-ring (bicyclic) bond motifs is 1. The normalized spacial score (nSPS) is 16.1. The monoisotopic (exact) mass is 523 g/mol. The van der Waals surface area contributed by atoms with E-state index in [1.165, 1.54) is 12.1 Å². The van der Waals surface area contributed by atoms with Gasteiger partial charge < -0.3 is 9.52 Å². The van der Waals surface area contributed by atoms with E-state index in [-0.39, 0.29) is 17.0 Å². The SMILES string of the molecule is Cc1cccc(C2C(C(=O)c3cc4cc(Br)ccc4o3)=C(O)C(=O)N2c2ccc(F)c(F)c2)c1. The molecule has 0 saturated carbocycles. The molecule has 8 heteroatoms. The lowest BCUT2D eigenvalue weighted by Gasteiger charge is -2.27. The summed E-state index contributed by atoms with van der Waals surface area (Å²) in [5, 5.41) is 11.5. The van der Waals surface area contributed by atoms with E-state index >= 15 is 0 Å². The van der Waals surface area contributed by atoms with E-state index < -0.39 is 35.1 Å². The molecule has 1 N–H and O–H groups in total. The number of ketones is 1. The summed E-state index contributed by atoms with van der Waals surface area (Å²) in [7, 11) is 0. The number of rotatable bonds is 4. The number of carbonyl (C=O) groups is 2. The Morgan fingerprint density at radius 1 is 1.03 bits per heavy atom. The number of hydrogen-bond acceptors (Lipinski definition) is 4. The van der Waals surface area contributed by atoms with Crippen molar-refractivity contribution in [1.82, 2.24) is 0 Å². The maximum absolute atomic E-state index is 14.0. The molecule has 4 aromatic rings. The van der Waals surface area contributed by atoms with Gasteiger partial charge in [-0.2, -0.15) is 0 Å². The highest BCUT2D eigenvalue weighted by atomic mass is 79.9. The molecule has 1 aliphatic heterocycles. The first-order valence-corrected chi connectivity index (χ1v) is 11.1. The van der Waals surface area contributed by atoms with Crippen LogP contribution in [-0.4, -0.2) is 16.8 Å². The number of anilines is 1. The van der Waals surface area contributed by atoms with Crippen molar-refractivity contribution < 1.29 is 27.9 Å². The van der Waals surface area contributed by atoms with Crippen LogP contribution in [-0.2, 0) is 4.79 Å². The molecule has 1 atom stereocenters. The molecule has 0 fully saturated rings. The highest BCUT2D eigenvalue weighted by molar-refractivity contribution is 9.10. The van der Waals surface area contributed by atoms with Crippen molar-refractivity contribution >= 4 is 44.3 Å². The van der Waals surface area contributed by atoms with Crippen molar-refractivity contribution in [3.05, 3.63) is 111 Å². The Labute approximate surface area is 201 Å². The summed E-state index contributed by atoms with van der Waals surface area (Å²) in [6.07, 6.45) is 0. The first-order valence-electron chi connectivity index (χ1n) is 10.3. The van der Waals surface area contributed by atoms with Crippen LogP contribution in [0.15, 0.2) is 87.0 Å². The molecule has 1 aliphatic rings. The van der Waals surface area contributed by atoms with Gasteiger partial charge in [-0.1, -0.05) is 45.8 Å². The first-order chi connectivity index (χ1) is 16.2. The number of carbonyl (C=O) groups excluding carboxylic acids is 2. The van der Waals surface area contributed by atoms with Crippen LogP contribution < -0.4 is 4.90 Å². The molecule has 34 heavy (non-hydrogen) atoms. The van der Waals surface area contributed by atoms with E-state index in [2.05, 4.69) is 15.9 Å². The Hall–Kier alpha value is -3.78. The molecule has 2 heterocycles. The molecular weight excluding hydrogens is 508 g/mol. The predicted octanol–water partition coefficient (Wildman–Crippen LogP) is 6.56. The third-order valence-electron chi connectivity index (χ3n) is 5.69. The van der Waals surface area contributed by atoms with Crippen LogP contribution in [0, 0.1) is 18.6 Å². The van der Waals surface area contributed by atoms with Crippen molar-refractivity contribution in [3.8, 4) is 0 Å². The van der Waals surface area contributed by atoms with Gasteiger partial charge in [-0.15, -0.1) is 0 Å². The Morgan fingerprint density at radius 3 is 2.56 bits per heavy atom. The summed E-state index contributed by atoms with van der Waals surface area (Å²) >= 11 is 3.37. The van der Waals surface area contributed by atoms with Crippen LogP contribution in [0.3, 0.4) is 0 Å². The molecule has 1 unspecified atom stereocenters. The molecule has 1 amide bonds. The number of hydrogen-bond donors (Lipinski definition) is 1. The highest BCUT2D eigenvalue weighted by Crippen LogP contribution is 2.42. The van der Waals surface area contributed by atoms with Crippen LogP contribution in [0.1, 0.15) is 27.7 Å². The number of aliphatic hydroxyl groups is 1. The standard InChI is InChI=1S/C26H16BrF2NO4/c1-13-3-2-4-14(9-13)23-22(24(31)21-11-15-10-16(27)5-8-20(15)34-21)25(32)26(33)30(23)17-6-7-18(28)19(29)12-17/h2-12,23,32H,1H3. The fraction of sp³-hybridized carbons (Fsp3) is 0.0769. The van der Waals surface area contributed by atoms with Crippen molar-refractivity contribution in [2.75, 3.05) is 4.90 Å². The topological polar surface area (TPSA) is 70.7 Å². The summed E-state index contributed by atoms with van der Waals surface area (Å²) in [6.45, 7) is 1.84. The van der Waals surface area contributed by atoms with Crippen LogP contribution >= 0.6 is 15.9 Å². The molecule has 0 saturated heterocycles. The molecule has 0 aliphatic carbocycles. The minimum Gasteiger partial charge on any atom is -0.503 e. The number of halogens is 3. The Balaban J connectivity index is 1.67. The van der Waals surface area contributed by atoms with Crippen LogP contribution in [0.25, 0.3) is 11.0 Å². The number of furan rings is 1. The fourth-order valence-corrected chi connectivity index (χ4v) is 4.53. The Kier molecular flexibility index (Phi) is 5.32. The summed E-state index contributed by atoms with van der Waals surface area (Å²) in [5.41, 5.74) is 1.61. The molecule has 1 aromatic heterocycles. The van der Waals surface area contributed by atoms with Gasteiger partial charge in [-0.3, -0.25) is 14.5 Å². The first kappa shape index (κ1) is 22.0. The summed E-state index contributed by atoms with van der Waals surface area (Å²) in [5.74, 6) is -4.66. The van der Waals surface area contributed by atoms with E-state index in [0.717, 1.165) is 27.1 Å². The third kappa shape index (κ3) is 3.60. The molecule has 170 valence electrons. The van der Waals surface area contributed by atoms with Crippen molar-refractivity contribution in [2.45, 2.75) is 13.0 Å². The molecule has 0 radical (unpaired) electrons. The van der Waals surface area contributed by atoms with E-state index in [0.29, 0.717) is 16.5 Å². The van der Waals surface area contributed by atoms with Gasteiger partial charge in [-0.05, 0) is 48.9 Å². The van der Waals surface area contributed by atoms with Gasteiger partial charge in [0, 0.05) is 21.6 Å². The summed E-state index contributed by atoms with van der Waals surface area (Å²) in [6, 6.07) is 15.7. The van der Waals surface area contributed by atoms with Gasteiger partial charge >= 0.3 is 0 Å². The average molecular weight is 524 g/mol. The quantitative estimate of drug-likeness (QED) is 0.307. The van der Waals surface area contributed by atoms with E-state index in [9.17, 15) is 23.5 Å². The zero-order valence-corrected chi connectivity index (χ0v) is 19.3. The average Bonchev–Trinajstić information content (AvgIpc) is 3.34. The van der Waals surface area contributed by atoms with E-state index in [4.69, 9.17) is 4.42 Å². The summed E-state index contributed by atoms with van der Waals surface area (Å²) < 4.78 is 34.1. The maximum atomic E-state index is 14.0. The van der Waals surface area contributed by atoms with Gasteiger partial charge in [-0.25, -0.2) is 8.78 Å². The Morgan fingerprint density at radius 2 is 1.82 bits per heavy atom. The minimum absolute atomic E-state index is 0.00158. The Bertz CT molecular complexity index is 1520. The maximum Gasteiger partial charge on any atom is 0.294 e. The van der Waals surface area contributed by atoms with E-state index in [1.54, 1.807) is 36.4 Å². The van der Waals surface area contributed by atoms with Crippen molar-refractivity contribution in [3.63, 3.8) is 0 Å². The van der Waals surface area contributed by atoms with Gasteiger partial charge in [0.2, 0.25) is 5.78 Å². The van der Waals surface area contributed by atoms with Crippen molar-refractivity contribution in [2.24, 2.45) is 0 Å². The lowest BCUT2D eigenvalue weighted by molar-refractivity contribution is -0.117. The number of benzene rings is 3. The number of aliphatic hydroxyl groups excluding tert-OH is 1. The smallest absolute Gasteiger partial charge is 0.294 e. The highest BCUT2D eigenvalue weighted by Gasteiger charge is 2.45. The van der Waals surface area contributed by atoms with E-state index in [1.807, 2.05) is 13.0 Å².